The molecule has 2 heteroatoms. The van der Waals surface area contributed by atoms with Crippen molar-refractivity contribution in [2.45, 2.75) is 31.2 Å². The van der Waals surface area contributed by atoms with E-state index in [2.05, 4.69) is 4.85 Å². The largest absolute Gasteiger partial charge is 0.305 e. The van der Waals surface area contributed by atoms with Gasteiger partial charge in [-0.3, -0.25) is 0 Å². The lowest BCUT2D eigenvalue weighted by atomic mass is 9.89. The molecule has 0 heterocycles. The average Bonchev–Trinajstić information content (AvgIpc) is 2.68. The average molecular weight is 189 g/mol. The van der Waals surface area contributed by atoms with Gasteiger partial charge >= 0.3 is 0 Å². The standard InChI is InChI=1S/C12H12FN/c1-14-12(8-2-3-9-12)10-4-6-11(13)7-5-10/h4-7H,2-3,8-9H2. The molecule has 72 valence electrons. The van der Waals surface area contributed by atoms with Crippen LogP contribution in [0.25, 0.3) is 4.85 Å². The zero-order valence-corrected chi connectivity index (χ0v) is 7.96. The molecule has 0 saturated heterocycles. The maximum absolute atomic E-state index is 12.7. The molecule has 2 rings (SSSR count). The zero-order chi connectivity index (χ0) is 10.0. The SMILES string of the molecule is [C-]#[N+]C1(c2ccc(F)cc2)CCCC1. The first kappa shape index (κ1) is 9.21. The molecule has 1 nitrogen and oxygen atoms in total. The number of hydrogen-bond donors (Lipinski definition) is 0. The van der Waals surface area contributed by atoms with Gasteiger partial charge in [0.25, 0.3) is 5.54 Å². The van der Waals surface area contributed by atoms with Gasteiger partial charge in [0.05, 0.1) is 0 Å². The second kappa shape index (κ2) is 3.42. The molecule has 1 aliphatic carbocycles. The lowest BCUT2D eigenvalue weighted by Gasteiger charge is -2.15. The van der Waals surface area contributed by atoms with Crippen molar-refractivity contribution in [1.29, 1.82) is 0 Å². The predicted octanol–water partition coefficient (Wildman–Crippen LogP) is 3.51. The quantitative estimate of drug-likeness (QED) is 0.595. The maximum Gasteiger partial charge on any atom is 0.257 e. The highest BCUT2D eigenvalue weighted by Gasteiger charge is 2.41. The Hall–Kier alpha value is -1.36. The minimum Gasteiger partial charge on any atom is -0.305 e. The molecule has 1 aromatic rings. The molecule has 1 aromatic carbocycles. The van der Waals surface area contributed by atoms with Gasteiger partial charge in [0, 0.05) is 18.4 Å². The van der Waals surface area contributed by atoms with E-state index in [1.165, 1.54) is 12.1 Å². The van der Waals surface area contributed by atoms with Crippen molar-refractivity contribution in [1.82, 2.24) is 0 Å². The molecular weight excluding hydrogens is 177 g/mol. The number of halogens is 1. The van der Waals surface area contributed by atoms with Crippen LogP contribution < -0.4 is 0 Å². The number of rotatable bonds is 1. The topological polar surface area (TPSA) is 4.36 Å². The van der Waals surface area contributed by atoms with Crippen molar-refractivity contribution in [2.24, 2.45) is 0 Å². The van der Waals surface area contributed by atoms with Crippen LogP contribution in [0.1, 0.15) is 31.2 Å². The Morgan fingerprint density at radius 1 is 1.14 bits per heavy atom. The maximum atomic E-state index is 12.7. The Kier molecular flexibility index (Phi) is 2.25. The van der Waals surface area contributed by atoms with Gasteiger partial charge in [0.1, 0.15) is 5.82 Å². The molecule has 0 aromatic heterocycles. The van der Waals surface area contributed by atoms with E-state index < -0.39 is 0 Å². The summed E-state index contributed by atoms with van der Waals surface area (Å²) in [5.41, 5.74) is 0.625. The molecule has 1 aliphatic rings. The van der Waals surface area contributed by atoms with Crippen LogP contribution in [-0.4, -0.2) is 0 Å². The van der Waals surface area contributed by atoms with E-state index in [1.54, 1.807) is 12.1 Å². The van der Waals surface area contributed by atoms with Crippen molar-refractivity contribution in [2.75, 3.05) is 0 Å². The Bertz CT molecular complexity index is 355. The molecule has 0 radical (unpaired) electrons. The van der Waals surface area contributed by atoms with E-state index in [-0.39, 0.29) is 11.4 Å². The van der Waals surface area contributed by atoms with Crippen molar-refractivity contribution >= 4 is 0 Å². The molecule has 0 amide bonds. The molecule has 14 heavy (non-hydrogen) atoms. The van der Waals surface area contributed by atoms with Crippen LogP contribution in [0.2, 0.25) is 0 Å². The first-order valence-electron chi connectivity index (χ1n) is 4.91. The summed E-state index contributed by atoms with van der Waals surface area (Å²) >= 11 is 0. The predicted molar refractivity (Wildman–Crippen MR) is 53.1 cm³/mol. The normalized spacial score (nSPS) is 19.1. The summed E-state index contributed by atoms with van der Waals surface area (Å²) in [6.45, 7) is 7.27. The van der Waals surface area contributed by atoms with E-state index in [4.69, 9.17) is 6.57 Å². The number of hydrogen-bond acceptors (Lipinski definition) is 0. The first-order valence-corrected chi connectivity index (χ1v) is 4.91. The molecule has 0 spiro atoms. The molecule has 0 aliphatic heterocycles. The number of nitrogens with zero attached hydrogens (tertiary/aromatic N) is 1. The van der Waals surface area contributed by atoms with Gasteiger partial charge in [-0.2, -0.15) is 0 Å². The molecule has 0 unspecified atom stereocenters. The van der Waals surface area contributed by atoms with E-state index >= 15 is 0 Å². The van der Waals surface area contributed by atoms with Gasteiger partial charge in [-0.05, 0) is 37.1 Å². The Morgan fingerprint density at radius 2 is 1.71 bits per heavy atom. The molecule has 1 saturated carbocycles. The molecule has 1 fully saturated rings. The Balaban J connectivity index is 2.37. The monoisotopic (exact) mass is 189 g/mol. The summed E-state index contributed by atoms with van der Waals surface area (Å²) < 4.78 is 12.7. The van der Waals surface area contributed by atoms with Gasteiger partial charge in [-0.1, -0.05) is 0 Å². The summed E-state index contributed by atoms with van der Waals surface area (Å²) in [7, 11) is 0. The van der Waals surface area contributed by atoms with Gasteiger partial charge in [0.15, 0.2) is 0 Å². The van der Waals surface area contributed by atoms with Crippen LogP contribution >= 0.6 is 0 Å². The van der Waals surface area contributed by atoms with Gasteiger partial charge in [0.2, 0.25) is 0 Å². The summed E-state index contributed by atoms with van der Waals surface area (Å²) in [4.78, 5) is 3.75. The van der Waals surface area contributed by atoms with Crippen LogP contribution in [0, 0.1) is 12.4 Å². The van der Waals surface area contributed by atoms with E-state index in [9.17, 15) is 4.39 Å². The fraction of sp³-hybridized carbons (Fsp3) is 0.417. The van der Waals surface area contributed by atoms with E-state index in [0.29, 0.717) is 0 Å². The minimum absolute atomic E-state index is 0.230. The second-order valence-electron chi connectivity index (χ2n) is 3.86. The molecule has 0 atom stereocenters. The van der Waals surface area contributed by atoms with Crippen molar-refractivity contribution < 1.29 is 4.39 Å². The summed E-state index contributed by atoms with van der Waals surface area (Å²) in [6.07, 6.45) is 4.06. The summed E-state index contributed by atoms with van der Waals surface area (Å²) in [5.74, 6) is -0.230. The van der Waals surface area contributed by atoms with Crippen molar-refractivity contribution in [3.63, 3.8) is 0 Å². The third-order valence-electron chi connectivity index (χ3n) is 3.03. The van der Waals surface area contributed by atoms with Crippen LogP contribution in [0.3, 0.4) is 0 Å². The molecular formula is C12H12FN. The van der Waals surface area contributed by atoms with Crippen molar-refractivity contribution in [3.05, 3.63) is 47.1 Å². The third kappa shape index (κ3) is 1.39. The van der Waals surface area contributed by atoms with E-state index in [1.807, 2.05) is 0 Å². The highest BCUT2D eigenvalue weighted by atomic mass is 19.1. The second-order valence-corrected chi connectivity index (χ2v) is 3.86. The Morgan fingerprint density at radius 3 is 2.21 bits per heavy atom. The lowest BCUT2D eigenvalue weighted by Crippen LogP contribution is -2.16. The fourth-order valence-electron chi connectivity index (χ4n) is 2.19. The smallest absolute Gasteiger partial charge is 0.257 e. The number of benzene rings is 1. The molecule has 0 N–H and O–H groups in total. The van der Waals surface area contributed by atoms with Crippen molar-refractivity contribution in [3.8, 4) is 0 Å². The van der Waals surface area contributed by atoms with Crippen LogP contribution in [0.15, 0.2) is 24.3 Å². The highest BCUT2D eigenvalue weighted by molar-refractivity contribution is 5.29. The van der Waals surface area contributed by atoms with Crippen LogP contribution in [0.5, 0.6) is 0 Å². The van der Waals surface area contributed by atoms with Gasteiger partial charge in [-0.25, -0.2) is 11.0 Å². The first-order chi connectivity index (χ1) is 6.77. The zero-order valence-electron chi connectivity index (χ0n) is 7.96. The van der Waals surface area contributed by atoms with Gasteiger partial charge in [-0.15, -0.1) is 0 Å². The molecule has 0 bridgehead atoms. The van der Waals surface area contributed by atoms with Crippen LogP contribution in [0.4, 0.5) is 4.39 Å². The van der Waals surface area contributed by atoms with Gasteiger partial charge < -0.3 is 4.85 Å². The fourth-order valence-corrected chi connectivity index (χ4v) is 2.19. The summed E-state index contributed by atoms with van der Waals surface area (Å²) in [6, 6.07) is 6.39. The summed E-state index contributed by atoms with van der Waals surface area (Å²) in [5, 5.41) is 0. The lowest BCUT2D eigenvalue weighted by molar-refractivity contribution is 0.549. The Labute approximate surface area is 83.4 Å². The van der Waals surface area contributed by atoms with E-state index in [0.717, 1.165) is 31.2 Å². The highest BCUT2D eigenvalue weighted by Crippen LogP contribution is 2.42. The third-order valence-corrected chi connectivity index (χ3v) is 3.03. The van der Waals surface area contributed by atoms with Crippen LogP contribution in [-0.2, 0) is 5.54 Å². The minimum atomic E-state index is -0.353.